The van der Waals surface area contributed by atoms with Crippen molar-refractivity contribution in [3.63, 3.8) is 0 Å². The zero-order chi connectivity index (χ0) is 13.7. The first-order valence-corrected chi connectivity index (χ1v) is 6.17. The van der Waals surface area contributed by atoms with Crippen molar-refractivity contribution in [1.29, 1.82) is 0 Å². The third-order valence-electron chi connectivity index (χ3n) is 2.94. The normalized spacial score (nSPS) is 12.1. The van der Waals surface area contributed by atoms with Crippen LogP contribution >= 0.6 is 0 Å². The summed E-state index contributed by atoms with van der Waals surface area (Å²) in [4.78, 5) is 25.5. The van der Waals surface area contributed by atoms with Gasteiger partial charge in [-0.15, -0.1) is 0 Å². The summed E-state index contributed by atoms with van der Waals surface area (Å²) in [6, 6.07) is 7.16. The van der Waals surface area contributed by atoms with Crippen LogP contribution in [0.5, 0.6) is 0 Å². The van der Waals surface area contributed by atoms with E-state index in [-0.39, 0.29) is 0 Å². The van der Waals surface area contributed by atoms with Gasteiger partial charge in [-0.2, -0.15) is 0 Å². The Kier molecular flexibility index (Phi) is 4.18. The third kappa shape index (κ3) is 2.93. The molecule has 2 rings (SSSR count). The van der Waals surface area contributed by atoms with Gasteiger partial charge in [0.25, 0.3) is 0 Å². The van der Waals surface area contributed by atoms with Gasteiger partial charge in [-0.05, 0) is 18.6 Å². The molecule has 0 aliphatic rings. The Morgan fingerprint density at radius 1 is 1.47 bits per heavy atom. The van der Waals surface area contributed by atoms with Crippen molar-refractivity contribution >= 4 is 23.3 Å². The van der Waals surface area contributed by atoms with Crippen molar-refractivity contribution in [2.24, 2.45) is 0 Å². The fourth-order valence-electron chi connectivity index (χ4n) is 2.06. The molecule has 100 valence electrons. The van der Waals surface area contributed by atoms with Crippen LogP contribution in [-0.4, -0.2) is 30.0 Å². The fraction of sp³-hybridized carbons (Fsp3) is 0.286. The Hall–Kier alpha value is -2.30. The molecule has 1 aromatic carbocycles. The largest absolute Gasteiger partial charge is 0.464 e. The number of aromatic amines is 1. The highest BCUT2D eigenvalue weighted by atomic mass is 16.5. The Morgan fingerprint density at radius 3 is 3.00 bits per heavy atom. The van der Waals surface area contributed by atoms with E-state index in [0.717, 1.165) is 16.5 Å². The summed E-state index contributed by atoms with van der Waals surface area (Å²) in [6.07, 6.45) is 2.78. The van der Waals surface area contributed by atoms with Gasteiger partial charge in [-0.3, -0.25) is 4.79 Å². The number of fused-ring (bicyclic) bond motifs is 1. The van der Waals surface area contributed by atoms with E-state index >= 15 is 0 Å². The molecule has 0 radical (unpaired) electrons. The van der Waals surface area contributed by atoms with Crippen molar-refractivity contribution in [3.05, 3.63) is 36.0 Å². The fourth-order valence-corrected chi connectivity index (χ4v) is 2.06. The second kappa shape index (κ2) is 6.04. The van der Waals surface area contributed by atoms with Gasteiger partial charge in [0, 0.05) is 23.5 Å². The maximum Gasteiger partial charge on any atom is 0.328 e. The van der Waals surface area contributed by atoms with E-state index < -0.39 is 12.0 Å². The number of aromatic nitrogens is 1. The van der Waals surface area contributed by atoms with Crippen molar-refractivity contribution < 1.29 is 14.3 Å². The van der Waals surface area contributed by atoms with Crippen LogP contribution in [-0.2, 0) is 20.7 Å². The predicted molar refractivity (Wildman–Crippen MR) is 71.6 cm³/mol. The molecule has 0 fully saturated rings. The zero-order valence-corrected chi connectivity index (χ0v) is 10.7. The summed E-state index contributed by atoms with van der Waals surface area (Å²) in [5.74, 6) is -0.417. The molecule has 2 N–H and O–H groups in total. The lowest BCUT2D eigenvalue weighted by Gasteiger charge is -2.13. The maximum atomic E-state index is 11.7. The number of rotatable bonds is 6. The molecule has 0 aliphatic carbocycles. The number of esters is 1. The molecule has 2 aromatic rings. The summed E-state index contributed by atoms with van der Waals surface area (Å²) >= 11 is 0. The number of ether oxygens (including phenoxy) is 1. The van der Waals surface area contributed by atoms with Crippen molar-refractivity contribution in [2.45, 2.75) is 19.4 Å². The molecule has 0 aliphatic heterocycles. The number of para-hydroxylation sites is 1. The molecule has 0 saturated heterocycles. The Balaban J connectivity index is 2.21. The van der Waals surface area contributed by atoms with Gasteiger partial charge in [-0.1, -0.05) is 18.2 Å². The SMILES string of the molecule is CCOC(=O)C(Cc1c[nH]c2ccccc12)NC=O. The maximum absolute atomic E-state index is 11.7. The summed E-state index contributed by atoms with van der Waals surface area (Å²) in [6.45, 7) is 2.03. The molecule has 19 heavy (non-hydrogen) atoms. The van der Waals surface area contributed by atoms with Crippen molar-refractivity contribution in [2.75, 3.05) is 6.61 Å². The molecule has 1 amide bonds. The van der Waals surface area contributed by atoms with E-state index in [1.807, 2.05) is 30.5 Å². The monoisotopic (exact) mass is 260 g/mol. The number of hydrogen-bond acceptors (Lipinski definition) is 3. The lowest BCUT2D eigenvalue weighted by atomic mass is 10.1. The predicted octanol–water partition coefficient (Wildman–Crippen LogP) is 1.39. The van der Waals surface area contributed by atoms with Crippen LogP contribution in [0.3, 0.4) is 0 Å². The average molecular weight is 260 g/mol. The minimum atomic E-state index is -0.656. The number of amides is 1. The standard InChI is InChI=1S/C14H16N2O3/c1-2-19-14(18)13(16-9-17)7-10-8-15-12-6-4-3-5-11(10)12/h3-6,8-9,13,15H,2,7H2,1H3,(H,16,17). The highest BCUT2D eigenvalue weighted by Gasteiger charge is 2.20. The number of hydrogen-bond donors (Lipinski definition) is 2. The molecule has 0 spiro atoms. The van der Waals surface area contributed by atoms with Crippen LogP contribution in [0.2, 0.25) is 0 Å². The number of benzene rings is 1. The topological polar surface area (TPSA) is 71.2 Å². The lowest BCUT2D eigenvalue weighted by molar-refractivity contribution is -0.146. The first kappa shape index (κ1) is 13.1. The molecule has 0 bridgehead atoms. The second-order valence-electron chi connectivity index (χ2n) is 4.15. The van der Waals surface area contributed by atoms with Crippen molar-refractivity contribution in [3.8, 4) is 0 Å². The summed E-state index contributed by atoms with van der Waals surface area (Å²) < 4.78 is 4.95. The van der Waals surface area contributed by atoms with E-state index in [1.165, 1.54) is 0 Å². The molecule has 0 saturated carbocycles. The number of carbonyl (C=O) groups is 2. The molecular weight excluding hydrogens is 244 g/mol. The van der Waals surface area contributed by atoms with Crippen LogP contribution in [0.25, 0.3) is 10.9 Å². The van der Waals surface area contributed by atoms with Gasteiger partial charge in [0.05, 0.1) is 6.61 Å². The number of H-pyrrole nitrogens is 1. The molecule has 5 nitrogen and oxygen atoms in total. The molecule has 1 heterocycles. The van der Waals surface area contributed by atoms with Gasteiger partial charge in [0.2, 0.25) is 6.41 Å². The summed E-state index contributed by atoms with van der Waals surface area (Å²) in [7, 11) is 0. The number of nitrogens with one attached hydrogen (secondary N) is 2. The third-order valence-corrected chi connectivity index (χ3v) is 2.94. The van der Waals surface area contributed by atoms with Crippen LogP contribution in [0.4, 0.5) is 0 Å². The molecular formula is C14H16N2O3. The summed E-state index contributed by atoms with van der Waals surface area (Å²) in [5.41, 5.74) is 1.98. The van der Waals surface area contributed by atoms with Crippen LogP contribution in [0.15, 0.2) is 30.5 Å². The van der Waals surface area contributed by atoms with Gasteiger partial charge in [-0.25, -0.2) is 4.79 Å². The van der Waals surface area contributed by atoms with E-state index in [0.29, 0.717) is 19.4 Å². The van der Waals surface area contributed by atoms with E-state index in [1.54, 1.807) is 6.92 Å². The summed E-state index contributed by atoms with van der Waals surface area (Å²) in [5, 5.41) is 3.55. The second-order valence-corrected chi connectivity index (χ2v) is 4.15. The molecule has 1 aromatic heterocycles. The number of carbonyl (C=O) groups excluding carboxylic acids is 2. The first-order valence-electron chi connectivity index (χ1n) is 6.17. The van der Waals surface area contributed by atoms with Gasteiger partial charge >= 0.3 is 5.97 Å². The van der Waals surface area contributed by atoms with Gasteiger partial charge < -0.3 is 15.0 Å². The van der Waals surface area contributed by atoms with Crippen LogP contribution in [0.1, 0.15) is 12.5 Å². The Bertz CT molecular complexity index is 577. The minimum absolute atomic E-state index is 0.295. The van der Waals surface area contributed by atoms with Crippen LogP contribution < -0.4 is 5.32 Å². The van der Waals surface area contributed by atoms with Gasteiger partial charge in [0.15, 0.2) is 0 Å². The van der Waals surface area contributed by atoms with Crippen molar-refractivity contribution in [1.82, 2.24) is 10.3 Å². The van der Waals surface area contributed by atoms with Gasteiger partial charge in [0.1, 0.15) is 6.04 Å². The Labute approximate surface area is 110 Å². The first-order chi connectivity index (χ1) is 9.26. The minimum Gasteiger partial charge on any atom is -0.464 e. The van der Waals surface area contributed by atoms with E-state index in [4.69, 9.17) is 4.74 Å². The quantitative estimate of drug-likeness (QED) is 0.609. The molecule has 5 heteroatoms. The van der Waals surface area contributed by atoms with E-state index in [2.05, 4.69) is 10.3 Å². The van der Waals surface area contributed by atoms with Crippen LogP contribution in [0, 0.1) is 0 Å². The lowest BCUT2D eigenvalue weighted by Crippen LogP contribution is -2.39. The van der Waals surface area contributed by atoms with E-state index in [9.17, 15) is 9.59 Å². The highest BCUT2D eigenvalue weighted by molar-refractivity contribution is 5.85. The smallest absolute Gasteiger partial charge is 0.328 e. The average Bonchev–Trinajstić information content (AvgIpc) is 2.82. The zero-order valence-electron chi connectivity index (χ0n) is 10.7. The highest BCUT2D eigenvalue weighted by Crippen LogP contribution is 2.19. The Morgan fingerprint density at radius 2 is 2.26 bits per heavy atom. The molecule has 1 atom stereocenters. The molecule has 1 unspecified atom stereocenters.